The second-order valence-corrected chi connectivity index (χ2v) is 5.36. The molecule has 2 unspecified atom stereocenters. The number of rotatable bonds is 6. The van der Waals surface area contributed by atoms with Crippen LogP contribution in [-0.4, -0.2) is 50.5 Å². The molecule has 1 aromatic rings. The predicted octanol–water partition coefficient (Wildman–Crippen LogP) is 1.43. The lowest BCUT2D eigenvalue weighted by molar-refractivity contribution is -0.00545. The van der Waals surface area contributed by atoms with Gasteiger partial charge < -0.3 is 19.7 Å². The Morgan fingerprint density at radius 3 is 2.70 bits per heavy atom. The highest BCUT2D eigenvalue weighted by atomic mass is 16.5. The Balaban J connectivity index is 1.87. The van der Waals surface area contributed by atoms with Gasteiger partial charge in [0.1, 0.15) is 5.82 Å². The van der Waals surface area contributed by atoms with Gasteiger partial charge in [0.2, 0.25) is 0 Å². The zero-order chi connectivity index (χ0) is 14.4. The standard InChI is InChI=1S/C15H25N3O2/c1-12-10-18(11-13(2)20-12)15-5-4-14(9-17-15)8-16-6-7-19-3/h4-5,9,12-13,16H,6-8,10-11H2,1-3H3. The number of anilines is 1. The van der Waals surface area contributed by atoms with Crippen LogP contribution in [0, 0.1) is 0 Å². The van der Waals surface area contributed by atoms with Crippen LogP contribution < -0.4 is 10.2 Å². The first-order valence-corrected chi connectivity index (χ1v) is 7.24. The maximum Gasteiger partial charge on any atom is 0.128 e. The number of morpholine rings is 1. The van der Waals surface area contributed by atoms with Crippen LogP contribution in [0.5, 0.6) is 0 Å². The Labute approximate surface area is 121 Å². The van der Waals surface area contributed by atoms with Gasteiger partial charge in [-0.3, -0.25) is 0 Å². The maximum absolute atomic E-state index is 5.75. The minimum absolute atomic E-state index is 0.260. The SMILES string of the molecule is COCCNCc1ccc(N2CC(C)OC(C)C2)nc1. The number of nitrogens with zero attached hydrogens (tertiary/aromatic N) is 2. The average molecular weight is 279 g/mol. The van der Waals surface area contributed by atoms with Gasteiger partial charge in [-0.15, -0.1) is 0 Å². The van der Waals surface area contributed by atoms with E-state index in [1.165, 1.54) is 5.56 Å². The molecule has 2 rings (SSSR count). The molecule has 1 saturated heterocycles. The van der Waals surface area contributed by atoms with E-state index in [1.54, 1.807) is 7.11 Å². The second kappa shape index (κ2) is 7.57. The number of methoxy groups -OCH3 is 1. The first-order valence-electron chi connectivity index (χ1n) is 7.24. The molecular formula is C15H25N3O2. The molecule has 112 valence electrons. The first-order chi connectivity index (χ1) is 9.69. The van der Waals surface area contributed by atoms with Crippen molar-refractivity contribution in [3.05, 3.63) is 23.9 Å². The summed E-state index contributed by atoms with van der Waals surface area (Å²) in [6.45, 7) is 8.44. The lowest BCUT2D eigenvalue weighted by Gasteiger charge is -2.36. The summed E-state index contributed by atoms with van der Waals surface area (Å²) in [6.07, 6.45) is 2.46. The molecule has 1 aliphatic rings. The number of pyridine rings is 1. The zero-order valence-electron chi connectivity index (χ0n) is 12.6. The van der Waals surface area contributed by atoms with Crippen LogP contribution in [0.1, 0.15) is 19.4 Å². The monoisotopic (exact) mass is 279 g/mol. The van der Waals surface area contributed by atoms with Crippen molar-refractivity contribution in [3.63, 3.8) is 0 Å². The summed E-state index contributed by atoms with van der Waals surface area (Å²) in [7, 11) is 1.71. The number of nitrogens with one attached hydrogen (secondary N) is 1. The predicted molar refractivity (Wildman–Crippen MR) is 80.0 cm³/mol. The van der Waals surface area contributed by atoms with E-state index in [9.17, 15) is 0 Å². The molecule has 1 fully saturated rings. The smallest absolute Gasteiger partial charge is 0.128 e. The topological polar surface area (TPSA) is 46.6 Å². The van der Waals surface area contributed by atoms with E-state index < -0.39 is 0 Å². The van der Waals surface area contributed by atoms with Crippen molar-refractivity contribution in [2.24, 2.45) is 0 Å². The largest absolute Gasteiger partial charge is 0.383 e. The van der Waals surface area contributed by atoms with E-state index in [4.69, 9.17) is 9.47 Å². The third-order valence-electron chi connectivity index (χ3n) is 3.36. The molecular weight excluding hydrogens is 254 g/mol. The van der Waals surface area contributed by atoms with Crippen molar-refractivity contribution in [2.75, 3.05) is 38.3 Å². The van der Waals surface area contributed by atoms with Crippen molar-refractivity contribution in [1.29, 1.82) is 0 Å². The van der Waals surface area contributed by atoms with Crippen LogP contribution in [0.3, 0.4) is 0 Å². The first kappa shape index (κ1) is 15.2. The number of hydrogen-bond acceptors (Lipinski definition) is 5. The van der Waals surface area contributed by atoms with Crippen molar-refractivity contribution >= 4 is 5.82 Å². The van der Waals surface area contributed by atoms with Crippen molar-refractivity contribution in [3.8, 4) is 0 Å². The van der Waals surface area contributed by atoms with E-state index in [1.807, 2.05) is 6.20 Å². The van der Waals surface area contributed by atoms with E-state index in [0.29, 0.717) is 0 Å². The Morgan fingerprint density at radius 2 is 2.10 bits per heavy atom. The van der Waals surface area contributed by atoms with Crippen LogP contribution in [0.4, 0.5) is 5.82 Å². The molecule has 1 aliphatic heterocycles. The van der Waals surface area contributed by atoms with Gasteiger partial charge in [-0.25, -0.2) is 4.98 Å². The summed E-state index contributed by atoms with van der Waals surface area (Å²) in [6, 6.07) is 4.23. The molecule has 20 heavy (non-hydrogen) atoms. The van der Waals surface area contributed by atoms with Crippen molar-refractivity contribution in [1.82, 2.24) is 10.3 Å². The maximum atomic E-state index is 5.75. The summed E-state index contributed by atoms with van der Waals surface area (Å²) in [5.74, 6) is 1.03. The molecule has 5 nitrogen and oxygen atoms in total. The normalized spacial score (nSPS) is 23.1. The molecule has 0 aliphatic carbocycles. The minimum atomic E-state index is 0.260. The molecule has 0 amide bonds. The van der Waals surface area contributed by atoms with E-state index >= 15 is 0 Å². The van der Waals surface area contributed by atoms with Gasteiger partial charge >= 0.3 is 0 Å². The zero-order valence-corrected chi connectivity index (χ0v) is 12.6. The molecule has 0 radical (unpaired) electrons. The molecule has 5 heteroatoms. The number of ether oxygens (including phenoxy) is 2. The van der Waals surface area contributed by atoms with Gasteiger partial charge in [-0.1, -0.05) is 6.07 Å². The lowest BCUT2D eigenvalue weighted by Crippen LogP contribution is -2.45. The van der Waals surface area contributed by atoms with E-state index in [0.717, 1.165) is 38.6 Å². The minimum Gasteiger partial charge on any atom is -0.383 e. The van der Waals surface area contributed by atoms with Gasteiger partial charge in [0.15, 0.2) is 0 Å². The van der Waals surface area contributed by atoms with E-state index in [-0.39, 0.29) is 12.2 Å². The molecule has 0 aromatic carbocycles. The fraction of sp³-hybridized carbons (Fsp3) is 0.667. The number of hydrogen-bond donors (Lipinski definition) is 1. The summed E-state index contributed by atoms with van der Waals surface area (Å²) in [5.41, 5.74) is 1.19. The highest BCUT2D eigenvalue weighted by molar-refractivity contribution is 5.40. The average Bonchev–Trinajstić information content (AvgIpc) is 2.43. The fourth-order valence-electron chi connectivity index (χ4n) is 2.48. The Morgan fingerprint density at radius 1 is 1.35 bits per heavy atom. The molecule has 0 bridgehead atoms. The van der Waals surface area contributed by atoms with Gasteiger partial charge in [-0.2, -0.15) is 0 Å². The second-order valence-electron chi connectivity index (χ2n) is 5.36. The molecule has 0 spiro atoms. The van der Waals surface area contributed by atoms with Gasteiger partial charge in [0.05, 0.1) is 18.8 Å². The molecule has 0 saturated carbocycles. The fourth-order valence-corrected chi connectivity index (χ4v) is 2.48. The van der Waals surface area contributed by atoms with Gasteiger partial charge in [-0.05, 0) is 25.5 Å². The van der Waals surface area contributed by atoms with Crippen molar-refractivity contribution in [2.45, 2.75) is 32.6 Å². The summed E-state index contributed by atoms with van der Waals surface area (Å²) in [5, 5.41) is 3.32. The van der Waals surface area contributed by atoms with Gasteiger partial charge in [0, 0.05) is 39.5 Å². The summed E-state index contributed by atoms with van der Waals surface area (Å²) < 4.78 is 10.7. The summed E-state index contributed by atoms with van der Waals surface area (Å²) >= 11 is 0. The van der Waals surface area contributed by atoms with Gasteiger partial charge in [0.25, 0.3) is 0 Å². The van der Waals surface area contributed by atoms with E-state index in [2.05, 4.69) is 41.2 Å². The number of aromatic nitrogens is 1. The lowest BCUT2D eigenvalue weighted by atomic mass is 10.2. The molecule has 1 N–H and O–H groups in total. The van der Waals surface area contributed by atoms with Crippen LogP contribution >= 0.6 is 0 Å². The molecule has 2 atom stereocenters. The van der Waals surface area contributed by atoms with Crippen LogP contribution in [0.15, 0.2) is 18.3 Å². The third-order valence-corrected chi connectivity index (χ3v) is 3.36. The van der Waals surface area contributed by atoms with Crippen LogP contribution in [0.25, 0.3) is 0 Å². The Hall–Kier alpha value is -1.17. The Bertz CT molecular complexity index is 387. The molecule has 2 heterocycles. The Kier molecular flexibility index (Phi) is 5.76. The highest BCUT2D eigenvalue weighted by Crippen LogP contribution is 2.18. The molecule has 1 aromatic heterocycles. The highest BCUT2D eigenvalue weighted by Gasteiger charge is 2.22. The van der Waals surface area contributed by atoms with Crippen LogP contribution in [-0.2, 0) is 16.0 Å². The van der Waals surface area contributed by atoms with Crippen molar-refractivity contribution < 1.29 is 9.47 Å². The third kappa shape index (κ3) is 4.44. The summed E-state index contributed by atoms with van der Waals surface area (Å²) in [4.78, 5) is 6.86. The van der Waals surface area contributed by atoms with Crippen LogP contribution in [0.2, 0.25) is 0 Å². The quantitative estimate of drug-likeness (QED) is 0.798.